The fourth-order valence-corrected chi connectivity index (χ4v) is 2.44. The third kappa shape index (κ3) is 3.91. The second-order valence-corrected chi connectivity index (χ2v) is 5.22. The van der Waals surface area contributed by atoms with Gasteiger partial charge in [0.1, 0.15) is 5.82 Å². The molecule has 0 saturated carbocycles. The van der Waals surface area contributed by atoms with E-state index in [0.717, 1.165) is 24.9 Å². The molecule has 0 aliphatic rings. The van der Waals surface area contributed by atoms with Gasteiger partial charge >= 0.3 is 0 Å². The van der Waals surface area contributed by atoms with Gasteiger partial charge in [0.05, 0.1) is 0 Å². The molecule has 20 heavy (non-hydrogen) atoms. The van der Waals surface area contributed by atoms with E-state index in [-0.39, 0.29) is 11.9 Å². The summed E-state index contributed by atoms with van der Waals surface area (Å²) in [7, 11) is 0. The van der Waals surface area contributed by atoms with Gasteiger partial charge in [-0.1, -0.05) is 55.0 Å². The lowest BCUT2D eigenvalue weighted by Crippen LogP contribution is -2.25. The second-order valence-electron chi connectivity index (χ2n) is 5.22. The number of hydrogen-bond acceptors (Lipinski definition) is 1. The van der Waals surface area contributed by atoms with Crippen molar-refractivity contribution in [2.75, 3.05) is 6.54 Å². The molecular formula is C18H22FN. The van der Waals surface area contributed by atoms with Crippen LogP contribution in [0.15, 0.2) is 48.5 Å². The van der Waals surface area contributed by atoms with Crippen molar-refractivity contribution in [3.8, 4) is 0 Å². The Morgan fingerprint density at radius 2 is 1.90 bits per heavy atom. The smallest absolute Gasteiger partial charge is 0.127 e. The summed E-state index contributed by atoms with van der Waals surface area (Å²) < 4.78 is 14.0. The first-order chi connectivity index (χ1) is 9.70. The topological polar surface area (TPSA) is 12.0 Å². The molecule has 0 heterocycles. The standard InChI is InChI=1S/C18H22FN/c1-3-11-20-18(16-9-4-5-10-17(16)19)13-15-8-6-7-14(2)12-15/h4-10,12,18,20H,3,11,13H2,1-2H3. The molecule has 0 spiro atoms. The van der Waals surface area contributed by atoms with Crippen LogP contribution in [-0.2, 0) is 6.42 Å². The minimum Gasteiger partial charge on any atom is -0.310 e. The SMILES string of the molecule is CCCNC(Cc1cccc(C)c1)c1ccccc1F. The zero-order chi connectivity index (χ0) is 14.4. The number of aryl methyl sites for hydroxylation is 1. The van der Waals surface area contributed by atoms with Gasteiger partial charge in [0.2, 0.25) is 0 Å². The van der Waals surface area contributed by atoms with Crippen molar-refractivity contribution in [2.45, 2.75) is 32.7 Å². The number of benzene rings is 2. The molecule has 1 nitrogen and oxygen atoms in total. The lowest BCUT2D eigenvalue weighted by molar-refractivity contribution is 0.497. The molecule has 1 atom stereocenters. The Kier molecular flexibility index (Phi) is 5.31. The van der Waals surface area contributed by atoms with Crippen LogP contribution in [0.25, 0.3) is 0 Å². The molecule has 0 fully saturated rings. The Bertz CT molecular complexity index is 551. The maximum Gasteiger partial charge on any atom is 0.127 e. The van der Waals surface area contributed by atoms with Crippen molar-refractivity contribution in [1.29, 1.82) is 0 Å². The lowest BCUT2D eigenvalue weighted by Gasteiger charge is -2.20. The summed E-state index contributed by atoms with van der Waals surface area (Å²) in [5.74, 6) is -0.131. The summed E-state index contributed by atoms with van der Waals surface area (Å²) in [6, 6.07) is 15.5. The molecule has 2 aromatic rings. The average Bonchev–Trinajstić information content (AvgIpc) is 2.44. The van der Waals surface area contributed by atoms with Gasteiger partial charge in [0.15, 0.2) is 0 Å². The molecule has 106 valence electrons. The Balaban J connectivity index is 2.22. The minimum atomic E-state index is -0.131. The minimum absolute atomic E-state index is 0.0259. The summed E-state index contributed by atoms with van der Waals surface area (Å²) in [5.41, 5.74) is 3.23. The van der Waals surface area contributed by atoms with Gasteiger partial charge in [-0.25, -0.2) is 4.39 Å². The van der Waals surface area contributed by atoms with Crippen LogP contribution in [0.3, 0.4) is 0 Å². The summed E-state index contributed by atoms with van der Waals surface area (Å²) in [4.78, 5) is 0. The first-order valence-corrected chi connectivity index (χ1v) is 7.24. The predicted octanol–water partition coefficient (Wildman–Crippen LogP) is 4.42. The van der Waals surface area contributed by atoms with Gasteiger partial charge in [-0.2, -0.15) is 0 Å². The molecule has 0 aliphatic heterocycles. The van der Waals surface area contributed by atoms with Gasteiger partial charge in [-0.3, -0.25) is 0 Å². The van der Waals surface area contributed by atoms with Crippen molar-refractivity contribution in [3.63, 3.8) is 0 Å². The highest BCUT2D eigenvalue weighted by Crippen LogP contribution is 2.21. The Labute approximate surface area is 120 Å². The molecule has 1 unspecified atom stereocenters. The highest BCUT2D eigenvalue weighted by atomic mass is 19.1. The molecule has 0 amide bonds. The summed E-state index contributed by atoms with van der Waals surface area (Å²) in [6.45, 7) is 5.10. The zero-order valence-electron chi connectivity index (χ0n) is 12.2. The fraction of sp³-hybridized carbons (Fsp3) is 0.333. The maximum absolute atomic E-state index is 14.0. The van der Waals surface area contributed by atoms with Crippen LogP contribution in [0, 0.1) is 12.7 Å². The summed E-state index contributed by atoms with van der Waals surface area (Å²) in [5, 5.41) is 3.45. The molecule has 1 N–H and O–H groups in total. The van der Waals surface area contributed by atoms with E-state index in [1.807, 2.05) is 12.1 Å². The van der Waals surface area contributed by atoms with E-state index in [0.29, 0.717) is 0 Å². The number of nitrogens with one attached hydrogen (secondary N) is 1. The van der Waals surface area contributed by atoms with Gasteiger partial charge in [0, 0.05) is 11.6 Å². The van der Waals surface area contributed by atoms with Crippen LogP contribution in [0.1, 0.15) is 36.1 Å². The molecule has 2 heteroatoms. The van der Waals surface area contributed by atoms with Gasteiger partial charge < -0.3 is 5.32 Å². The Morgan fingerprint density at radius 3 is 2.60 bits per heavy atom. The summed E-state index contributed by atoms with van der Waals surface area (Å²) >= 11 is 0. The quantitative estimate of drug-likeness (QED) is 0.820. The van der Waals surface area contributed by atoms with E-state index in [4.69, 9.17) is 0 Å². The van der Waals surface area contributed by atoms with Crippen molar-refractivity contribution in [2.24, 2.45) is 0 Å². The van der Waals surface area contributed by atoms with Gasteiger partial charge in [-0.15, -0.1) is 0 Å². The van der Waals surface area contributed by atoms with Crippen LogP contribution in [-0.4, -0.2) is 6.54 Å². The van der Waals surface area contributed by atoms with Crippen molar-refractivity contribution < 1.29 is 4.39 Å². The molecule has 2 aromatic carbocycles. The molecule has 0 aromatic heterocycles. The molecule has 0 radical (unpaired) electrons. The fourth-order valence-electron chi connectivity index (χ4n) is 2.44. The molecule has 2 rings (SSSR count). The second kappa shape index (κ2) is 7.20. The summed E-state index contributed by atoms with van der Waals surface area (Å²) in [6.07, 6.45) is 1.85. The normalized spacial score (nSPS) is 12.3. The van der Waals surface area contributed by atoms with E-state index in [2.05, 4.69) is 43.4 Å². The van der Waals surface area contributed by atoms with Gasteiger partial charge in [-0.05, 0) is 37.9 Å². The monoisotopic (exact) mass is 271 g/mol. The van der Waals surface area contributed by atoms with Crippen molar-refractivity contribution >= 4 is 0 Å². The molecule has 0 saturated heterocycles. The first-order valence-electron chi connectivity index (χ1n) is 7.24. The molecule has 0 aliphatic carbocycles. The van der Waals surface area contributed by atoms with Gasteiger partial charge in [0.25, 0.3) is 0 Å². The first kappa shape index (κ1) is 14.7. The van der Waals surface area contributed by atoms with Crippen LogP contribution in [0.4, 0.5) is 4.39 Å². The van der Waals surface area contributed by atoms with E-state index in [1.165, 1.54) is 17.2 Å². The predicted molar refractivity (Wildman–Crippen MR) is 82.3 cm³/mol. The third-order valence-corrected chi connectivity index (χ3v) is 3.44. The molecule has 0 bridgehead atoms. The highest BCUT2D eigenvalue weighted by molar-refractivity contribution is 5.27. The Hall–Kier alpha value is -1.67. The van der Waals surface area contributed by atoms with Crippen LogP contribution < -0.4 is 5.32 Å². The van der Waals surface area contributed by atoms with E-state index in [9.17, 15) is 4.39 Å². The largest absolute Gasteiger partial charge is 0.310 e. The Morgan fingerprint density at radius 1 is 1.10 bits per heavy atom. The van der Waals surface area contributed by atoms with E-state index >= 15 is 0 Å². The third-order valence-electron chi connectivity index (χ3n) is 3.44. The zero-order valence-corrected chi connectivity index (χ0v) is 12.2. The van der Waals surface area contributed by atoms with Crippen LogP contribution in [0.2, 0.25) is 0 Å². The maximum atomic E-state index is 14.0. The number of hydrogen-bond donors (Lipinski definition) is 1. The average molecular weight is 271 g/mol. The van der Waals surface area contributed by atoms with Crippen LogP contribution >= 0.6 is 0 Å². The van der Waals surface area contributed by atoms with E-state index in [1.54, 1.807) is 6.07 Å². The van der Waals surface area contributed by atoms with Crippen LogP contribution in [0.5, 0.6) is 0 Å². The van der Waals surface area contributed by atoms with Crippen molar-refractivity contribution in [1.82, 2.24) is 5.32 Å². The molecular weight excluding hydrogens is 249 g/mol. The van der Waals surface area contributed by atoms with E-state index < -0.39 is 0 Å². The number of halogens is 1. The lowest BCUT2D eigenvalue weighted by atomic mass is 9.97. The van der Waals surface area contributed by atoms with Crippen molar-refractivity contribution in [3.05, 3.63) is 71.0 Å². The highest BCUT2D eigenvalue weighted by Gasteiger charge is 2.15. The number of rotatable bonds is 6.